The maximum absolute atomic E-state index is 3.30. The summed E-state index contributed by atoms with van der Waals surface area (Å²) in [6, 6.07) is 140. The summed E-state index contributed by atoms with van der Waals surface area (Å²) in [7, 11) is -8.61. The van der Waals surface area contributed by atoms with Gasteiger partial charge in [0.2, 0.25) is 0 Å². The van der Waals surface area contributed by atoms with E-state index in [9.17, 15) is 0 Å². The van der Waals surface area contributed by atoms with Crippen molar-refractivity contribution in [1.29, 1.82) is 0 Å². The fourth-order valence-electron chi connectivity index (χ4n) is 13.8. The number of hydrogen-bond donors (Lipinski definition) is 0. The molecule has 0 amide bonds. The maximum Gasteiger partial charge on any atom is 0.179 e. The van der Waals surface area contributed by atoms with E-state index in [0.29, 0.717) is 0 Å². The van der Waals surface area contributed by atoms with Gasteiger partial charge in [-0.1, -0.05) is 364 Å². The monoisotopic (exact) mass is 1170 g/mol. The van der Waals surface area contributed by atoms with Crippen LogP contribution in [0, 0.1) is 0 Å². The van der Waals surface area contributed by atoms with Gasteiger partial charge >= 0.3 is 0 Å². The molecule has 0 aromatic heterocycles. The van der Waals surface area contributed by atoms with Crippen molar-refractivity contribution >= 4 is 116 Å². The van der Waals surface area contributed by atoms with E-state index in [0.717, 1.165) is 12.3 Å². The average molecular weight is 1170 g/mol. The zero-order valence-electron chi connectivity index (χ0n) is 47.9. The molecule has 0 fully saturated rings. The molecule has 0 atom stereocenters. The van der Waals surface area contributed by atoms with Crippen LogP contribution in [0.4, 0.5) is 0 Å². The summed E-state index contributed by atoms with van der Waals surface area (Å²) < 4.78 is 0. The lowest BCUT2D eigenvalue weighted by molar-refractivity contribution is 1.40. The van der Waals surface area contributed by atoms with E-state index in [1.807, 2.05) is 0 Å². The Bertz CT molecular complexity index is 3970. The van der Waals surface area contributed by atoms with Gasteiger partial charge in [0.05, 0.1) is 0 Å². The molecule has 86 heavy (non-hydrogen) atoms. The van der Waals surface area contributed by atoms with Crippen LogP contribution in [0.5, 0.6) is 0 Å². The Morgan fingerprint density at radius 2 is 0.407 bits per heavy atom. The third kappa shape index (κ3) is 10.1. The second-order valence-corrected chi connectivity index (χ2v) is 34.2. The predicted molar refractivity (Wildman–Crippen MR) is 380 cm³/mol. The van der Waals surface area contributed by atoms with Crippen molar-refractivity contribution in [2.75, 3.05) is 0 Å². The van der Waals surface area contributed by atoms with Gasteiger partial charge in [0.1, 0.15) is 0 Å². The summed E-state index contributed by atoms with van der Waals surface area (Å²) in [5.41, 5.74) is 5.53. The van der Waals surface area contributed by atoms with E-state index in [4.69, 9.17) is 0 Å². The minimum Gasteiger partial charge on any atom is -0.0623 e. The van der Waals surface area contributed by atoms with Crippen LogP contribution < -0.4 is 62.7 Å². The number of rotatable bonds is 17. The van der Waals surface area contributed by atoms with Crippen molar-refractivity contribution in [2.45, 2.75) is 12.3 Å². The van der Waals surface area contributed by atoms with E-state index in [1.54, 1.807) is 0 Å². The summed E-state index contributed by atoms with van der Waals surface area (Å²) in [6.07, 6.45) is 1.62. The summed E-state index contributed by atoms with van der Waals surface area (Å²) in [5, 5.41) is 21.5. The molecule has 14 aromatic rings. The minimum atomic E-state index is -3.30. The lowest BCUT2D eigenvalue weighted by Crippen LogP contribution is -2.75. The van der Waals surface area contributed by atoms with Gasteiger partial charge < -0.3 is 0 Å². The van der Waals surface area contributed by atoms with Crippen molar-refractivity contribution in [3.8, 4) is 11.1 Å². The molecule has 0 N–H and O–H groups in total. The molecular formula is C82H64P2Si2. The molecule has 4 heteroatoms. The fraction of sp³-hybridized carbons (Fsp3) is 0.0244. The molecule has 14 rings (SSSR count). The van der Waals surface area contributed by atoms with Gasteiger partial charge in [-0.3, -0.25) is 0 Å². The van der Waals surface area contributed by atoms with Crippen molar-refractivity contribution in [3.05, 3.63) is 375 Å². The fourth-order valence-corrected chi connectivity index (χ4v) is 29.0. The molecule has 0 spiro atoms. The summed E-state index contributed by atoms with van der Waals surface area (Å²) in [4.78, 5) is 0. The molecule has 0 bridgehead atoms. The minimum absolute atomic E-state index is 0.808. The molecule has 0 saturated heterocycles. The van der Waals surface area contributed by atoms with E-state index >= 15 is 0 Å². The number of hydrogen-bond acceptors (Lipinski definition) is 0. The van der Waals surface area contributed by atoms with Crippen LogP contribution in [0.2, 0.25) is 0 Å². The van der Waals surface area contributed by atoms with Crippen LogP contribution in [0.3, 0.4) is 0 Å². The Balaban J connectivity index is 1.25. The maximum atomic E-state index is 2.67. The normalized spacial score (nSPS) is 11.8. The van der Waals surface area contributed by atoms with E-state index in [-0.39, 0.29) is 0 Å². The average Bonchev–Trinajstić information content (AvgIpc) is 0.989. The van der Waals surface area contributed by atoms with Gasteiger partial charge in [0.15, 0.2) is 16.1 Å². The molecule has 14 aromatic carbocycles. The van der Waals surface area contributed by atoms with Crippen molar-refractivity contribution in [3.63, 3.8) is 0 Å². The van der Waals surface area contributed by atoms with Gasteiger partial charge in [-0.05, 0) is 122 Å². The van der Waals surface area contributed by atoms with E-state index in [2.05, 4.69) is 364 Å². The van der Waals surface area contributed by atoms with Gasteiger partial charge in [0, 0.05) is 12.3 Å². The highest BCUT2D eigenvalue weighted by Crippen LogP contribution is 2.48. The second-order valence-electron chi connectivity index (χ2n) is 22.2. The van der Waals surface area contributed by atoms with Gasteiger partial charge in [-0.2, -0.15) is 0 Å². The standard InChI is InChI=1S/C82H64P2Si2/c1-11-37-65(38-12-1)83(66-39-13-2-14-40-66)61-77-79(85(69-45-19-5-20-46-69,70-47-21-6-22-48-70)71-49-23-7-24-50-71)59-63-35-31-33-57-75(63)81(77)82-76-58-34-32-36-64(76)60-80(78(82)62-84(67-41-15-3-16-42-67)68-43-17-4-18-44-68)86(72-51-25-8-26-52-72,73-53-27-9-28-54-73)74-55-29-10-30-56-74/h1-60H,61-62H2. The van der Waals surface area contributed by atoms with Gasteiger partial charge in [0.25, 0.3) is 0 Å². The van der Waals surface area contributed by atoms with Crippen LogP contribution in [0.25, 0.3) is 32.7 Å². The van der Waals surface area contributed by atoms with Crippen LogP contribution in [-0.2, 0) is 12.3 Å². The van der Waals surface area contributed by atoms with Crippen LogP contribution in [0.1, 0.15) is 11.1 Å². The smallest absolute Gasteiger partial charge is 0.0623 e. The zero-order chi connectivity index (χ0) is 57.5. The van der Waals surface area contributed by atoms with Gasteiger partial charge in [-0.15, -0.1) is 0 Å². The molecule has 0 heterocycles. The Morgan fingerprint density at radius 1 is 0.209 bits per heavy atom. The molecule has 0 aliphatic rings. The third-order valence-corrected chi connectivity index (χ3v) is 32.2. The first-order valence-corrected chi connectivity index (χ1v) is 37.0. The Morgan fingerprint density at radius 3 is 0.640 bits per heavy atom. The first-order valence-electron chi connectivity index (χ1n) is 29.9. The Kier molecular flexibility index (Phi) is 15.8. The Hall–Kier alpha value is -9.11. The predicted octanol–water partition coefficient (Wildman–Crippen LogP) is 13.7. The summed E-state index contributed by atoms with van der Waals surface area (Å²) >= 11 is 0. The SMILES string of the molecule is c1ccc(P(Cc2c([Si](c3ccccc3)(c3ccccc3)c3ccccc3)cc3ccccc3c2-c2c(CP(c3ccccc3)c3ccccc3)c([Si](c3ccccc3)(c3ccccc3)c3ccccc3)cc3ccccc23)c2ccccc2)cc1. The highest BCUT2D eigenvalue weighted by atomic mass is 31.1. The zero-order valence-corrected chi connectivity index (χ0v) is 51.7. The largest absolute Gasteiger partial charge is 0.179 e. The lowest BCUT2D eigenvalue weighted by Gasteiger charge is -2.39. The summed E-state index contributed by atoms with van der Waals surface area (Å²) in [6.45, 7) is 0. The molecule has 410 valence electrons. The quantitative estimate of drug-likeness (QED) is 0.0484. The number of fused-ring (bicyclic) bond motifs is 2. The molecular weight excluding hydrogens is 1100 g/mol. The second kappa shape index (κ2) is 24.8. The first kappa shape index (κ1) is 54.8. The van der Waals surface area contributed by atoms with Crippen LogP contribution in [-0.4, -0.2) is 16.1 Å². The molecule has 0 aliphatic heterocycles. The third-order valence-electron chi connectivity index (χ3n) is 17.5. The van der Waals surface area contributed by atoms with Gasteiger partial charge in [-0.25, -0.2) is 0 Å². The molecule has 0 nitrogen and oxygen atoms in total. The lowest BCUT2D eigenvalue weighted by atomic mass is 9.87. The van der Waals surface area contributed by atoms with E-state index < -0.39 is 32.0 Å². The Labute approximate surface area is 511 Å². The topological polar surface area (TPSA) is 0 Å². The summed E-state index contributed by atoms with van der Waals surface area (Å²) in [5.74, 6) is 0. The van der Waals surface area contributed by atoms with E-state index in [1.165, 1.54) is 107 Å². The van der Waals surface area contributed by atoms with Crippen LogP contribution >= 0.6 is 15.8 Å². The van der Waals surface area contributed by atoms with Crippen molar-refractivity contribution in [2.24, 2.45) is 0 Å². The molecule has 0 radical (unpaired) electrons. The number of benzene rings is 14. The molecule has 0 aliphatic carbocycles. The highest BCUT2D eigenvalue weighted by molar-refractivity contribution is 7.72. The first-order chi connectivity index (χ1) is 42.7. The molecule has 0 unspecified atom stereocenters. The highest BCUT2D eigenvalue weighted by Gasteiger charge is 2.47. The van der Waals surface area contributed by atoms with Crippen molar-refractivity contribution < 1.29 is 0 Å². The molecule has 0 saturated carbocycles. The van der Waals surface area contributed by atoms with Crippen molar-refractivity contribution in [1.82, 2.24) is 0 Å². The van der Waals surface area contributed by atoms with Crippen LogP contribution in [0.15, 0.2) is 364 Å².